The monoisotopic (exact) mass is 181 g/mol. The summed E-state index contributed by atoms with van der Waals surface area (Å²) in [5, 5.41) is 11.1. The Morgan fingerprint density at radius 2 is 2.54 bits per heavy atom. The van der Waals surface area contributed by atoms with Crippen LogP contribution in [0.15, 0.2) is 0 Å². The van der Waals surface area contributed by atoms with Crippen molar-refractivity contribution in [3.63, 3.8) is 0 Å². The van der Waals surface area contributed by atoms with Gasteiger partial charge in [0, 0.05) is 20.0 Å². The Morgan fingerprint density at radius 1 is 1.77 bits per heavy atom. The van der Waals surface area contributed by atoms with Crippen molar-refractivity contribution < 1.29 is 4.79 Å². The van der Waals surface area contributed by atoms with E-state index in [-0.39, 0.29) is 11.9 Å². The topological polar surface area (TPSA) is 56.1 Å². The van der Waals surface area contributed by atoms with E-state index in [0.29, 0.717) is 13.0 Å². The van der Waals surface area contributed by atoms with E-state index in [0.717, 1.165) is 19.4 Å². The zero-order valence-electron chi connectivity index (χ0n) is 7.92. The van der Waals surface area contributed by atoms with Crippen LogP contribution in [0.25, 0.3) is 0 Å². The van der Waals surface area contributed by atoms with E-state index in [1.165, 1.54) is 0 Å². The smallest absolute Gasteiger partial charge is 0.237 e. The van der Waals surface area contributed by atoms with E-state index >= 15 is 0 Å². The normalized spacial score (nSPS) is 22.6. The Kier molecular flexibility index (Phi) is 3.71. The minimum absolute atomic E-state index is 0.00153. The zero-order valence-corrected chi connectivity index (χ0v) is 7.92. The molecule has 1 atom stereocenters. The molecule has 0 saturated carbocycles. The number of amides is 1. The summed E-state index contributed by atoms with van der Waals surface area (Å²) in [6, 6.07) is 2.10. The fraction of sp³-hybridized carbons (Fsp3) is 0.778. The van der Waals surface area contributed by atoms with Crippen LogP contribution in [-0.2, 0) is 4.79 Å². The molecular weight excluding hydrogens is 166 g/mol. The second kappa shape index (κ2) is 4.83. The van der Waals surface area contributed by atoms with Gasteiger partial charge in [0.1, 0.15) is 0 Å². The first-order chi connectivity index (χ1) is 6.29. The minimum atomic E-state index is -0.00153. The molecule has 0 bridgehead atoms. The van der Waals surface area contributed by atoms with Crippen LogP contribution < -0.4 is 5.32 Å². The summed E-state index contributed by atoms with van der Waals surface area (Å²) in [5.74, 6) is 0.0791. The number of likely N-dealkylation sites (N-methyl/N-ethyl adjacent to an activating group) is 1. The number of nitrogens with zero attached hydrogens (tertiary/aromatic N) is 2. The fourth-order valence-electron chi connectivity index (χ4n) is 1.75. The highest BCUT2D eigenvalue weighted by Crippen LogP contribution is 2.16. The summed E-state index contributed by atoms with van der Waals surface area (Å²) in [6.45, 7) is 1.66. The maximum absolute atomic E-state index is 11.4. The predicted molar refractivity (Wildman–Crippen MR) is 48.9 cm³/mol. The Balaban J connectivity index is 2.44. The molecule has 1 aliphatic rings. The van der Waals surface area contributed by atoms with E-state index in [1.54, 1.807) is 7.05 Å². The number of carbonyl (C=O) groups is 1. The fourth-order valence-corrected chi connectivity index (χ4v) is 1.75. The van der Waals surface area contributed by atoms with Gasteiger partial charge in [0.2, 0.25) is 5.91 Å². The quantitative estimate of drug-likeness (QED) is 0.672. The molecular formula is C9H15N3O. The summed E-state index contributed by atoms with van der Waals surface area (Å²) in [5.41, 5.74) is 0. The molecule has 1 amide bonds. The van der Waals surface area contributed by atoms with Crippen molar-refractivity contribution in [1.29, 1.82) is 5.26 Å². The van der Waals surface area contributed by atoms with E-state index in [2.05, 4.69) is 16.3 Å². The summed E-state index contributed by atoms with van der Waals surface area (Å²) in [4.78, 5) is 13.4. The molecule has 0 radical (unpaired) electrons. The summed E-state index contributed by atoms with van der Waals surface area (Å²) in [7, 11) is 1.66. The van der Waals surface area contributed by atoms with Gasteiger partial charge >= 0.3 is 0 Å². The van der Waals surface area contributed by atoms with Crippen LogP contribution in [0.2, 0.25) is 0 Å². The highest BCUT2D eigenvalue weighted by atomic mass is 16.2. The van der Waals surface area contributed by atoms with Crippen molar-refractivity contribution in [2.24, 2.45) is 0 Å². The first kappa shape index (κ1) is 10.0. The van der Waals surface area contributed by atoms with Gasteiger partial charge in [0.05, 0.1) is 12.1 Å². The van der Waals surface area contributed by atoms with E-state index in [4.69, 9.17) is 5.26 Å². The Labute approximate surface area is 78.5 Å². The lowest BCUT2D eigenvalue weighted by atomic mass is 10.2. The van der Waals surface area contributed by atoms with Gasteiger partial charge < -0.3 is 5.32 Å². The molecule has 1 heterocycles. The standard InChI is InChI=1S/C9H15N3O/c1-11-9(13)8-4-2-6-12(8)7-3-5-10/h8H,2-4,6-7H2,1H3,(H,11,13). The van der Waals surface area contributed by atoms with Gasteiger partial charge in [-0.1, -0.05) is 0 Å². The molecule has 1 fully saturated rings. The molecule has 1 aliphatic heterocycles. The lowest BCUT2D eigenvalue weighted by Gasteiger charge is -2.21. The Hall–Kier alpha value is -1.08. The molecule has 4 heteroatoms. The molecule has 0 aliphatic carbocycles. The Bertz CT molecular complexity index is 221. The van der Waals surface area contributed by atoms with Crippen LogP contribution in [0.4, 0.5) is 0 Å². The third-order valence-corrected chi connectivity index (χ3v) is 2.42. The van der Waals surface area contributed by atoms with Crippen molar-refractivity contribution >= 4 is 5.91 Å². The van der Waals surface area contributed by atoms with E-state index < -0.39 is 0 Å². The summed E-state index contributed by atoms with van der Waals surface area (Å²) in [6.07, 6.45) is 2.49. The van der Waals surface area contributed by atoms with Crippen molar-refractivity contribution in [3.05, 3.63) is 0 Å². The number of hydrogen-bond acceptors (Lipinski definition) is 3. The third-order valence-electron chi connectivity index (χ3n) is 2.42. The number of rotatable bonds is 3. The van der Waals surface area contributed by atoms with Gasteiger partial charge in [-0.25, -0.2) is 0 Å². The second-order valence-electron chi connectivity index (χ2n) is 3.22. The van der Waals surface area contributed by atoms with Crippen LogP contribution in [-0.4, -0.2) is 37.0 Å². The highest BCUT2D eigenvalue weighted by molar-refractivity contribution is 5.81. The SMILES string of the molecule is CNC(=O)C1CCCN1CCC#N. The van der Waals surface area contributed by atoms with E-state index in [9.17, 15) is 4.79 Å². The first-order valence-electron chi connectivity index (χ1n) is 4.62. The molecule has 0 aromatic rings. The van der Waals surface area contributed by atoms with Crippen molar-refractivity contribution in [2.45, 2.75) is 25.3 Å². The molecule has 0 aromatic carbocycles. The number of nitrogens with one attached hydrogen (secondary N) is 1. The molecule has 1 saturated heterocycles. The van der Waals surface area contributed by atoms with Crippen LogP contribution >= 0.6 is 0 Å². The first-order valence-corrected chi connectivity index (χ1v) is 4.62. The molecule has 1 N–H and O–H groups in total. The molecule has 0 aromatic heterocycles. The van der Waals surface area contributed by atoms with Crippen LogP contribution in [0, 0.1) is 11.3 Å². The van der Waals surface area contributed by atoms with Gasteiger partial charge in [-0.15, -0.1) is 0 Å². The molecule has 0 spiro atoms. The van der Waals surface area contributed by atoms with Crippen molar-refractivity contribution in [3.8, 4) is 6.07 Å². The third kappa shape index (κ3) is 2.43. The second-order valence-corrected chi connectivity index (χ2v) is 3.22. The summed E-state index contributed by atoms with van der Waals surface area (Å²) < 4.78 is 0. The average Bonchev–Trinajstić information content (AvgIpc) is 2.61. The Morgan fingerprint density at radius 3 is 3.15 bits per heavy atom. The lowest BCUT2D eigenvalue weighted by molar-refractivity contribution is -0.124. The van der Waals surface area contributed by atoms with Crippen LogP contribution in [0.3, 0.4) is 0 Å². The largest absolute Gasteiger partial charge is 0.358 e. The van der Waals surface area contributed by atoms with Crippen LogP contribution in [0.5, 0.6) is 0 Å². The van der Waals surface area contributed by atoms with Gasteiger partial charge in [-0.2, -0.15) is 5.26 Å². The molecule has 1 unspecified atom stereocenters. The average molecular weight is 181 g/mol. The van der Waals surface area contributed by atoms with E-state index in [1.807, 2.05) is 0 Å². The molecule has 1 rings (SSSR count). The van der Waals surface area contributed by atoms with Gasteiger partial charge in [-0.3, -0.25) is 9.69 Å². The maximum atomic E-state index is 11.4. The van der Waals surface area contributed by atoms with Gasteiger partial charge in [0.25, 0.3) is 0 Å². The van der Waals surface area contributed by atoms with Crippen molar-refractivity contribution in [2.75, 3.05) is 20.1 Å². The lowest BCUT2D eigenvalue weighted by Crippen LogP contribution is -2.42. The van der Waals surface area contributed by atoms with Gasteiger partial charge in [-0.05, 0) is 19.4 Å². The molecule has 4 nitrogen and oxygen atoms in total. The summed E-state index contributed by atoms with van der Waals surface area (Å²) >= 11 is 0. The van der Waals surface area contributed by atoms with Crippen LogP contribution in [0.1, 0.15) is 19.3 Å². The number of carbonyl (C=O) groups excluding carboxylic acids is 1. The highest BCUT2D eigenvalue weighted by Gasteiger charge is 2.29. The molecule has 72 valence electrons. The minimum Gasteiger partial charge on any atom is -0.358 e. The van der Waals surface area contributed by atoms with Crippen molar-refractivity contribution in [1.82, 2.24) is 10.2 Å². The zero-order chi connectivity index (χ0) is 9.68. The number of likely N-dealkylation sites (tertiary alicyclic amines) is 1. The number of hydrogen-bond donors (Lipinski definition) is 1. The number of nitriles is 1. The molecule has 13 heavy (non-hydrogen) atoms. The van der Waals surface area contributed by atoms with Gasteiger partial charge in [0.15, 0.2) is 0 Å². The predicted octanol–water partition coefficient (Wildman–Crippen LogP) is 0.110. The maximum Gasteiger partial charge on any atom is 0.237 e.